The first kappa shape index (κ1) is 13.4. The zero-order valence-corrected chi connectivity index (χ0v) is 12.1. The number of ether oxygens (including phenoxy) is 1. The Hall–Kier alpha value is -1.03. The van der Waals surface area contributed by atoms with E-state index >= 15 is 0 Å². The molecule has 1 aromatic carbocycles. The van der Waals surface area contributed by atoms with Crippen molar-refractivity contribution in [3.8, 4) is 5.75 Å². The molecule has 3 nitrogen and oxygen atoms in total. The lowest BCUT2D eigenvalue weighted by atomic mass is 10.1. The Morgan fingerprint density at radius 1 is 1.28 bits per heavy atom. The van der Waals surface area contributed by atoms with Crippen LogP contribution in [0, 0.1) is 0 Å². The summed E-state index contributed by atoms with van der Waals surface area (Å²) in [6.07, 6.45) is 3.01. The van der Waals surface area contributed by atoms with Crippen LogP contribution in [0.15, 0.2) is 28.7 Å². The number of carbonyl (C=O) groups is 1. The van der Waals surface area contributed by atoms with E-state index in [-0.39, 0.29) is 5.91 Å². The van der Waals surface area contributed by atoms with E-state index in [4.69, 9.17) is 4.74 Å². The Labute approximate surface area is 116 Å². The summed E-state index contributed by atoms with van der Waals surface area (Å²) in [5.41, 5.74) is 0. The first-order valence-electron chi connectivity index (χ1n) is 6.38. The van der Waals surface area contributed by atoms with Crippen molar-refractivity contribution in [2.45, 2.75) is 32.3 Å². The molecule has 1 heterocycles. The molecule has 0 aromatic heterocycles. The van der Waals surface area contributed by atoms with Gasteiger partial charge in [-0.3, -0.25) is 4.79 Å². The monoisotopic (exact) mass is 311 g/mol. The predicted octanol–water partition coefficient (Wildman–Crippen LogP) is 3.23. The van der Waals surface area contributed by atoms with Crippen molar-refractivity contribution in [1.82, 2.24) is 4.90 Å². The van der Waals surface area contributed by atoms with Crippen LogP contribution in [0.5, 0.6) is 5.75 Å². The number of nitrogens with zero attached hydrogens (tertiary/aromatic N) is 1. The lowest BCUT2D eigenvalue weighted by Gasteiger charge is -2.29. The van der Waals surface area contributed by atoms with E-state index in [2.05, 4.69) is 15.9 Å². The Balaban J connectivity index is 1.96. The molecule has 1 aliphatic rings. The zero-order valence-electron chi connectivity index (χ0n) is 10.6. The number of piperidine rings is 1. The van der Waals surface area contributed by atoms with Crippen molar-refractivity contribution in [2.24, 2.45) is 0 Å². The van der Waals surface area contributed by atoms with E-state index in [0.29, 0.717) is 0 Å². The molecule has 1 unspecified atom stereocenters. The van der Waals surface area contributed by atoms with Crippen LogP contribution in [0.4, 0.5) is 0 Å². The number of likely N-dealkylation sites (tertiary alicyclic amines) is 1. The molecule has 1 aliphatic heterocycles. The lowest BCUT2D eigenvalue weighted by molar-refractivity contribution is -0.138. The second-order valence-electron chi connectivity index (χ2n) is 4.58. The summed E-state index contributed by atoms with van der Waals surface area (Å²) in [5, 5.41) is 0. The van der Waals surface area contributed by atoms with Crippen LogP contribution in [0.2, 0.25) is 0 Å². The minimum absolute atomic E-state index is 0.0884. The van der Waals surface area contributed by atoms with E-state index in [1.54, 1.807) is 0 Å². The topological polar surface area (TPSA) is 29.5 Å². The normalized spacial score (nSPS) is 17.3. The standard InChI is InChI=1S/C14H18BrNO2/c1-11(14(17)16-9-5-2-6-10-16)18-13-8-4-3-7-12(13)15/h3-4,7-8,11H,2,5-6,9-10H2,1H3. The number of hydrogen-bond acceptors (Lipinski definition) is 2. The molecular formula is C14H18BrNO2. The van der Waals surface area contributed by atoms with Gasteiger partial charge in [0, 0.05) is 13.1 Å². The summed E-state index contributed by atoms with van der Waals surface area (Å²) in [4.78, 5) is 14.1. The third-order valence-electron chi connectivity index (χ3n) is 3.16. The van der Waals surface area contributed by atoms with Gasteiger partial charge in [-0.25, -0.2) is 0 Å². The number of carbonyl (C=O) groups excluding carboxylic acids is 1. The van der Waals surface area contributed by atoms with E-state index in [1.165, 1.54) is 6.42 Å². The maximum Gasteiger partial charge on any atom is 0.263 e. The molecule has 4 heteroatoms. The molecule has 1 amide bonds. The zero-order chi connectivity index (χ0) is 13.0. The fourth-order valence-corrected chi connectivity index (χ4v) is 2.53. The molecule has 2 rings (SSSR count). The maximum atomic E-state index is 12.2. The third-order valence-corrected chi connectivity index (χ3v) is 3.81. The Morgan fingerprint density at radius 3 is 2.61 bits per heavy atom. The van der Waals surface area contributed by atoms with Crippen molar-refractivity contribution >= 4 is 21.8 Å². The highest BCUT2D eigenvalue weighted by atomic mass is 79.9. The highest BCUT2D eigenvalue weighted by Crippen LogP contribution is 2.25. The van der Waals surface area contributed by atoms with Gasteiger partial charge in [0.1, 0.15) is 5.75 Å². The fourth-order valence-electron chi connectivity index (χ4n) is 2.15. The largest absolute Gasteiger partial charge is 0.480 e. The van der Waals surface area contributed by atoms with Gasteiger partial charge in [0.15, 0.2) is 6.10 Å². The van der Waals surface area contributed by atoms with Crippen LogP contribution in [-0.4, -0.2) is 30.0 Å². The molecule has 0 radical (unpaired) electrons. The summed E-state index contributed by atoms with van der Waals surface area (Å²) in [7, 11) is 0. The molecule has 0 bridgehead atoms. The van der Waals surface area contributed by atoms with Gasteiger partial charge in [-0.15, -0.1) is 0 Å². The van der Waals surface area contributed by atoms with E-state index in [1.807, 2.05) is 36.1 Å². The number of hydrogen-bond donors (Lipinski definition) is 0. The smallest absolute Gasteiger partial charge is 0.263 e. The van der Waals surface area contributed by atoms with Gasteiger partial charge < -0.3 is 9.64 Å². The molecule has 1 fully saturated rings. The highest BCUT2D eigenvalue weighted by molar-refractivity contribution is 9.10. The van der Waals surface area contributed by atoms with Gasteiger partial charge in [-0.1, -0.05) is 12.1 Å². The fraction of sp³-hybridized carbons (Fsp3) is 0.500. The molecule has 1 aromatic rings. The molecule has 0 N–H and O–H groups in total. The van der Waals surface area contributed by atoms with Crippen molar-refractivity contribution in [2.75, 3.05) is 13.1 Å². The van der Waals surface area contributed by atoms with Crippen LogP contribution < -0.4 is 4.74 Å². The summed E-state index contributed by atoms with van der Waals surface area (Å²) < 4.78 is 6.60. The molecule has 0 aliphatic carbocycles. The summed E-state index contributed by atoms with van der Waals surface area (Å²) in [6, 6.07) is 7.60. The molecule has 0 spiro atoms. The van der Waals surface area contributed by atoms with Gasteiger partial charge >= 0.3 is 0 Å². The van der Waals surface area contributed by atoms with Gasteiger partial charge in [0.05, 0.1) is 4.47 Å². The number of rotatable bonds is 3. The highest BCUT2D eigenvalue weighted by Gasteiger charge is 2.23. The molecule has 1 atom stereocenters. The average molecular weight is 312 g/mol. The molecule has 18 heavy (non-hydrogen) atoms. The minimum Gasteiger partial charge on any atom is -0.480 e. The Morgan fingerprint density at radius 2 is 1.94 bits per heavy atom. The number of benzene rings is 1. The summed E-state index contributed by atoms with van der Waals surface area (Å²) >= 11 is 3.42. The Kier molecular flexibility index (Phi) is 4.64. The van der Waals surface area contributed by atoms with Gasteiger partial charge in [-0.2, -0.15) is 0 Å². The van der Waals surface area contributed by atoms with Crippen LogP contribution in [0.1, 0.15) is 26.2 Å². The van der Waals surface area contributed by atoms with Gasteiger partial charge in [0.25, 0.3) is 5.91 Å². The van der Waals surface area contributed by atoms with Crippen LogP contribution in [-0.2, 0) is 4.79 Å². The van der Waals surface area contributed by atoms with Crippen LogP contribution >= 0.6 is 15.9 Å². The summed E-state index contributed by atoms with van der Waals surface area (Å²) in [5.74, 6) is 0.806. The minimum atomic E-state index is -0.429. The third kappa shape index (κ3) is 3.25. The predicted molar refractivity (Wildman–Crippen MR) is 74.7 cm³/mol. The van der Waals surface area contributed by atoms with Crippen LogP contribution in [0.3, 0.4) is 0 Å². The molecular weight excluding hydrogens is 294 g/mol. The second kappa shape index (κ2) is 6.23. The van der Waals surface area contributed by atoms with E-state index in [0.717, 1.165) is 36.2 Å². The van der Waals surface area contributed by atoms with Gasteiger partial charge in [-0.05, 0) is 54.2 Å². The van der Waals surface area contributed by atoms with E-state index in [9.17, 15) is 4.79 Å². The van der Waals surface area contributed by atoms with Crippen molar-refractivity contribution in [3.05, 3.63) is 28.7 Å². The molecule has 98 valence electrons. The first-order chi connectivity index (χ1) is 8.68. The van der Waals surface area contributed by atoms with Gasteiger partial charge in [0.2, 0.25) is 0 Å². The average Bonchev–Trinajstić information content (AvgIpc) is 2.41. The lowest BCUT2D eigenvalue weighted by Crippen LogP contribution is -2.43. The molecule has 1 saturated heterocycles. The number of para-hydroxylation sites is 1. The molecule has 0 saturated carbocycles. The number of halogens is 1. The second-order valence-corrected chi connectivity index (χ2v) is 5.43. The summed E-state index contributed by atoms with van der Waals surface area (Å²) in [6.45, 7) is 3.54. The Bertz CT molecular complexity index is 416. The van der Waals surface area contributed by atoms with E-state index < -0.39 is 6.10 Å². The quantitative estimate of drug-likeness (QED) is 0.857. The maximum absolute atomic E-state index is 12.2. The number of amides is 1. The van der Waals surface area contributed by atoms with Crippen molar-refractivity contribution in [3.63, 3.8) is 0 Å². The van der Waals surface area contributed by atoms with Crippen molar-refractivity contribution in [1.29, 1.82) is 0 Å². The van der Waals surface area contributed by atoms with Crippen LogP contribution in [0.25, 0.3) is 0 Å². The van der Waals surface area contributed by atoms with Crippen molar-refractivity contribution < 1.29 is 9.53 Å². The SMILES string of the molecule is CC(Oc1ccccc1Br)C(=O)N1CCCCC1. The first-order valence-corrected chi connectivity index (χ1v) is 7.18.